The lowest BCUT2D eigenvalue weighted by atomic mass is 9.97. The Morgan fingerprint density at radius 1 is 1.09 bits per heavy atom. The summed E-state index contributed by atoms with van der Waals surface area (Å²) in [4.78, 5) is 1.84. The highest BCUT2D eigenvalue weighted by Crippen LogP contribution is 2.43. The number of halogens is 4. The van der Waals surface area contributed by atoms with E-state index in [9.17, 15) is 8.78 Å². The molecule has 2 aromatic heterocycles. The molecule has 5 rings (SSSR count). The molecule has 0 radical (unpaired) electrons. The van der Waals surface area contributed by atoms with Gasteiger partial charge in [0.15, 0.2) is 0 Å². The molecule has 32 heavy (non-hydrogen) atoms. The first-order valence-corrected chi connectivity index (χ1v) is 11.0. The van der Waals surface area contributed by atoms with Gasteiger partial charge >= 0.3 is 6.55 Å². The van der Waals surface area contributed by atoms with Crippen molar-refractivity contribution in [1.82, 2.24) is 14.3 Å². The average Bonchev–Trinajstić information content (AvgIpc) is 3.36. The molecule has 2 aromatic carbocycles. The van der Waals surface area contributed by atoms with Crippen molar-refractivity contribution in [2.24, 2.45) is 0 Å². The maximum Gasteiger partial charge on any atom is 0.320 e. The van der Waals surface area contributed by atoms with Gasteiger partial charge in [-0.3, -0.25) is 9.25 Å². The van der Waals surface area contributed by atoms with E-state index in [0.717, 1.165) is 44.5 Å². The Bertz CT molecular complexity index is 1370. The summed E-state index contributed by atoms with van der Waals surface area (Å²) >= 11 is 12.5. The summed E-state index contributed by atoms with van der Waals surface area (Å²) in [5, 5.41) is 6.18. The molecule has 0 spiro atoms. The molecule has 0 fully saturated rings. The standard InChI is InChI=1S/C24H20Cl2F2N4/c1-3-31-21(8-9-29-31)14-4-7-22-18(10-14)19-11-15(17-6-5-16(25)12-20(17)26)13-30(2)23(19)32(22)24(27)28/h4-12,24H,3,13H2,1-2H3. The number of likely N-dealkylation sites (N-methyl/N-ethyl adjacent to an activating group) is 1. The lowest BCUT2D eigenvalue weighted by molar-refractivity contribution is 0.0765. The maximum atomic E-state index is 14.2. The first-order chi connectivity index (χ1) is 15.4. The van der Waals surface area contributed by atoms with Crippen molar-refractivity contribution >= 4 is 51.6 Å². The minimum Gasteiger partial charge on any atom is -0.356 e. The van der Waals surface area contributed by atoms with Crippen LogP contribution in [0.1, 0.15) is 24.6 Å². The van der Waals surface area contributed by atoms with Crippen LogP contribution < -0.4 is 4.90 Å². The van der Waals surface area contributed by atoms with E-state index in [-0.39, 0.29) is 0 Å². The summed E-state index contributed by atoms with van der Waals surface area (Å²) in [7, 11) is 1.82. The molecule has 0 bridgehead atoms. The molecule has 0 saturated heterocycles. The Kier molecular flexibility index (Phi) is 5.22. The van der Waals surface area contributed by atoms with E-state index in [0.29, 0.717) is 27.9 Å². The molecule has 3 heterocycles. The van der Waals surface area contributed by atoms with E-state index in [1.54, 1.807) is 24.4 Å². The number of hydrogen-bond acceptors (Lipinski definition) is 2. The van der Waals surface area contributed by atoms with Crippen LogP contribution in [0.5, 0.6) is 0 Å². The Balaban J connectivity index is 1.77. The highest BCUT2D eigenvalue weighted by molar-refractivity contribution is 6.36. The monoisotopic (exact) mass is 472 g/mol. The van der Waals surface area contributed by atoms with Crippen LogP contribution in [-0.2, 0) is 6.54 Å². The number of hydrogen-bond donors (Lipinski definition) is 0. The molecule has 0 saturated carbocycles. The second-order valence-corrected chi connectivity index (χ2v) is 8.64. The van der Waals surface area contributed by atoms with Crippen LogP contribution in [0.3, 0.4) is 0 Å². The SMILES string of the molecule is CCn1nccc1-c1ccc2c(c1)c1c(n2C(F)F)N(C)CC(c2ccc(Cl)cc2Cl)=C1. The van der Waals surface area contributed by atoms with Crippen molar-refractivity contribution < 1.29 is 8.78 Å². The van der Waals surface area contributed by atoms with Gasteiger partial charge in [-0.15, -0.1) is 0 Å². The molecule has 0 amide bonds. The molecular formula is C24H20Cl2F2N4. The zero-order chi connectivity index (χ0) is 22.6. The van der Waals surface area contributed by atoms with E-state index in [4.69, 9.17) is 23.2 Å². The number of fused-ring (bicyclic) bond motifs is 3. The van der Waals surface area contributed by atoms with Crippen molar-refractivity contribution in [3.8, 4) is 11.3 Å². The van der Waals surface area contributed by atoms with Gasteiger partial charge in [0.1, 0.15) is 5.82 Å². The summed E-state index contributed by atoms with van der Waals surface area (Å²) < 4.78 is 31.3. The van der Waals surface area contributed by atoms with E-state index in [2.05, 4.69) is 5.10 Å². The number of aromatic nitrogens is 3. The van der Waals surface area contributed by atoms with Crippen LogP contribution in [0.4, 0.5) is 14.6 Å². The first kappa shape index (κ1) is 21.0. The second kappa shape index (κ2) is 7.94. The van der Waals surface area contributed by atoms with Crippen LogP contribution in [-0.4, -0.2) is 27.9 Å². The second-order valence-electron chi connectivity index (χ2n) is 7.80. The molecule has 1 aliphatic rings. The summed E-state index contributed by atoms with van der Waals surface area (Å²) in [6, 6.07) is 12.9. The van der Waals surface area contributed by atoms with Gasteiger partial charge in [0.05, 0.1) is 11.2 Å². The van der Waals surface area contributed by atoms with Gasteiger partial charge in [0.2, 0.25) is 0 Å². The van der Waals surface area contributed by atoms with Gasteiger partial charge in [-0.25, -0.2) is 0 Å². The molecule has 4 aromatic rings. The van der Waals surface area contributed by atoms with E-state index >= 15 is 0 Å². The van der Waals surface area contributed by atoms with Gasteiger partial charge in [-0.05, 0) is 54.5 Å². The zero-order valence-electron chi connectivity index (χ0n) is 17.5. The molecule has 0 N–H and O–H groups in total. The van der Waals surface area contributed by atoms with Crippen LogP contribution >= 0.6 is 23.2 Å². The minimum atomic E-state index is -2.66. The van der Waals surface area contributed by atoms with E-state index in [1.807, 2.05) is 53.9 Å². The van der Waals surface area contributed by atoms with Crippen molar-refractivity contribution in [2.45, 2.75) is 20.0 Å². The Morgan fingerprint density at radius 3 is 2.62 bits per heavy atom. The molecule has 0 aliphatic carbocycles. The summed E-state index contributed by atoms with van der Waals surface area (Å²) in [5.41, 5.74) is 4.90. The summed E-state index contributed by atoms with van der Waals surface area (Å²) in [6.07, 6.45) is 3.71. The average molecular weight is 473 g/mol. The van der Waals surface area contributed by atoms with E-state index in [1.165, 1.54) is 0 Å². The number of anilines is 1. The van der Waals surface area contributed by atoms with Crippen LogP contribution in [0.15, 0.2) is 48.7 Å². The fraction of sp³-hybridized carbons (Fsp3) is 0.208. The molecule has 1 aliphatic heterocycles. The Hall–Kier alpha value is -2.83. The number of aryl methyl sites for hydroxylation is 1. The topological polar surface area (TPSA) is 26.0 Å². The molecule has 8 heteroatoms. The lowest BCUT2D eigenvalue weighted by Crippen LogP contribution is -2.26. The highest BCUT2D eigenvalue weighted by atomic mass is 35.5. The maximum absolute atomic E-state index is 14.2. The van der Waals surface area contributed by atoms with Gasteiger partial charge in [-0.2, -0.15) is 13.9 Å². The Labute approximate surface area is 194 Å². The lowest BCUT2D eigenvalue weighted by Gasteiger charge is -2.28. The predicted molar refractivity (Wildman–Crippen MR) is 128 cm³/mol. The minimum absolute atomic E-state index is 0.451. The van der Waals surface area contributed by atoms with Crippen molar-refractivity contribution in [3.05, 3.63) is 69.8 Å². The van der Waals surface area contributed by atoms with Gasteiger partial charge < -0.3 is 4.90 Å². The molecular weight excluding hydrogens is 453 g/mol. The predicted octanol–water partition coefficient (Wildman–Crippen LogP) is 7.22. The zero-order valence-corrected chi connectivity index (χ0v) is 19.0. The smallest absolute Gasteiger partial charge is 0.320 e. The largest absolute Gasteiger partial charge is 0.356 e. The molecule has 164 valence electrons. The first-order valence-electron chi connectivity index (χ1n) is 10.2. The fourth-order valence-electron chi connectivity index (χ4n) is 4.51. The van der Waals surface area contributed by atoms with Crippen molar-refractivity contribution in [1.29, 1.82) is 0 Å². The third-order valence-corrected chi connectivity index (χ3v) is 6.43. The van der Waals surface area contributed by atoms with Crippen molar-refractivity contribution in [3.63, 3.8) is 0 Å². The number of benzene rings is 2. The molecule has 0 unspecified atom stereocenters. The normalized spacial score (nSPS) is 13.7. The third kappa shape index (κ3) is 3.29. The number of nitrogens with zero attached hydrogens (tertiary/aromatic N) is 4. The molecule has 0 atom stereocenters. The Morgan fingerprint density at radius 2 is 1.91 bits per heavy atom. The van der Waals surface area contributed by atoms with Gasteiger partial charge in [-0.1, -0.05) is 35.3 Å². The number of alkyl halides is 2. The van der Waals surface area contributed by atoms with E-state index < -0.39 is 6.55 Å². The highest BCUT2D eigenvalue weighted by Gasteiger charge is 2.28. The fourth-order valence-corrected chi connectivity index (χ4v) is 5.04. The van der Waals surface area contributed by atoms with Crippen molar-refractivity contribution in [2.75, 3.05) is 18.5 Å². The quantitative estimate of drug-likeness (QED) is 0.313. The van der Waals surface area contributed by atoms with Crippen LogP contribution in [0.25, 0.3) is 33.8 Å². The van der Waals surface area contributed by atoms with Crippen LogP contribution in [0, 0.1) is 0 Å². The van der Waals surface area contributed by atoms with Crippen LogP contribution in [0.2, 0.25) is 10.0 Å². The van der Waals surface area contributed by atoms with Gasteiger partial charge in [0.25, 0.3) is 0 Å². The summed E-state index contributed by atoms with van der Waals surface area (Å²) in [6.45, 7) is 0.527. The van der Waals surface area contributed by atoms with Gasteiger partial charge in [0, 0.05) is 52.9 Å². The third-order valence-electron chi connectivity index (χ3n) is 5.89. The molecule has 4 nitrogen and oxygen atoms in total. The summed E-state index contributed by atoms with van der Waals surface area (Å²) in [5.74, 6) is 0.491. The number of rotatable bonds is 4.